The highest BCUT2D eigenvalue weighted by Gasteiger charge is 2.04. The van der Waals surface area contributed by atoms with Crippen molar-refractivity contribution in [1.29, 1.82) is 0 Å². The molecule has 1 aromatic heterocycles. The van der Waals surface area contributed by atoms with Gasteiger partial charge in [0.2, 0.25) is 0 Å². The number of aromatic nitrogens is 1. The lowest BCUT2D eigenvalue weighted by Gasteiger charge is -2.03. The van der Waals surface area contributed by atoms with Crippen LogP contribution in [-0.4, -0.2) is 23.7 Å². The molecule has 1 rings (SSSR count). The van der Waals surface area contributed by atoms with Crippen LogP contribution in [0.5, 0.6) is 0 Å². The summed E-state index contributed by atoms with van der Waals surface area (Å²) in [5.41, 5.74) is 1.38. The molecule has 1 aromatic rings. The number of hydrazone groups is 1. The number of nitrogens with one attached hydrogen (secondary N) is 1. The van der Waals surface area contributed by atoms with Crippen molar-refractivity contribution in [2.24, 2.45) is 10.9 Å². The third-order valence-corrected chi connectivity index (χ3v) is 1.89. The summed E-state index contributed by atoms with van der Waals surface area (Å²) in [5, 5.41) is 5.93. The maximum Gasteiger partial charge on any atom is 0.251 e. The number of rotatable bonds is 5. The molecule has 16 heavy (non-hydrogen) atoms. The molecule has 0 bridgehead atoms. The van der Waals surface area contributed by atoms with Gasteiger partial charge in [0.05, 0.1) is 6.54 Å². The van der Waals surface area contributed by atoms with Gasteiger partial charge in [-0.05, 0) is 12.1 Å². The van der Waals surface area contributed by atoms with Crippen molar-refractivity contribution in [3.8, 4) is 0 Å². The van der Waals surface area contributed by atoms with Crippen molar-refractivity contribution in [3.05, 3.63) is 42.2 Å². The van der Waals surface area contributed by atoms with Gasteiger partial charge >= 0.3 is 0 Å². The Balaban J connectivity index is 2.67. The van der Waals surface area contributed by atoms with Gasteiger partial charge < -0.3 is 11.2 Å². The Kier molecular flexibility index (Phi) is 4.72. The maximum absolute atomic E-state index is 11.6. The largest absolute Gasteiger partial charge is 0.347 e. The van der Waals surface area contributed by atoms with Gasteiger partial charge in [-0.25, -0.2) is 0 Å². The fraction of sp³-hybridized carbons (Fsp3) is 0.182. The van der Waals surface area contributed by atoms with E-state index in [2.05, 4.69) is 22.0 Å². The first kappa shape index (κ1) is 11.9. The lowest BCUT2D eigenvalue weighted by molar-refractivity contribution is 0.0959. The molecule has 0 aliphatic heterocycles. The topological polar surface area (TPSA) is 80.4 Å². The number of allylic oxidation sites excluding steroid dienone is 1. The molecule has 0 spiro atoms. The third-order valence-electron chi connectivity index (χ3n) is 1.89. The van der Waals surface area contributed by atoms with Crippen LogP contribution in [-0.2, 0) is 6.42 Å². The Labute approximate surface area is 94.1 Å². The minimum Gasteiger partial charge on any atom is -0.347 e. The van der Waals surface area contributed by atoms with Crippen LogP contribution in [0.15, 0.2) is 36.1 Å². The van der Waals surface area contributed by atoms with Gasteiger partial charge in [-0.2, -0.15) is 5.10 Å². The lowest BCUT2D eigenvalue weighted by atomic mass is 10.2. The van der Waals surface area contributed by atoms with Crippen LogP contribution in [0.2, 0.25) is 0 Å². The highest BCUT2D eigenvalue weighted by atomic mass is 16.1. The van der Waals surface area contributed by atoms with Crippen LogP contribution in [0, 0.1) is 0 Å². The fourth-order valence-corrected chi connectivity index (χ4v) is 1.17. The summed E-state index contributed by atoms with van der Waals surface area (Å²) in [6.07, 6.45) is 5.41. The summed E-state index contributed by atoms with van der Waals surface area (Å²) in [4.78, 5) is 15.7. The fourth-order valence-electron chi connectivity index (χ4n) is 1.17. The number of amides is 1. The first-order valence-corrected chi connectivity index (χ1v) is 4.83. The van der Waals surface area contributed by atoms with Gasteiger partial charge in [0.1, 0.15) is 0 Å². The van der Waals surface area contributed by atoms with Crippen LogP contribution in [0.25, 0.3) is 0 Å². The SMILES string of the molecule is C=CCc1cc(C(=O)NC/C=N/N)ccn1. The second kappa shape index (κ2) is 6.34. The zero-order valence-electron chi connectivity index (χ0n) is 8.89. The first-order valence-electron chi connectivity index (χ1n) is 4.83. The Morgan fingerprint density at radius 2 is 2.50 bits per heavy atom. The zero-order valence-corrected chi connectivity index (χ0v) is 8.89. The van der Waals surface area contributed by atoms with Crippen LogP contribution >= 0.6 is 0 Å². The van der Waals surface area contributed by atoms with E-state index < -0.39 is 0 Å². The van der Waals surface area contributed by atoms with E-state index in [1.165, 1.54) is 6.21 Å². The number of hydrogen-bond donors (Lipinski definition) is 2. The van der Waals surface area contributed by atoms with E-state index in [-0.39, 0.29) is 5.91 Å². The predicted molar refractivity (Wildman–Crippen MR) is 63.2 cm³/mol. The van der Waals surface area contributed by atoms with Gasteiger partial charge in [0, 0.05) is 30.1 Å². The zero-order chi connectivity index (χ0) is 11.8. The van der Waals surface area contributed by atoms with E-state index in [4.69, 9.17) is 5.84 Å². The Morgan fingerprint density at radius 1 is 1.69 bits per heavy atom. The van der Waals surface area contributed by atoms with E-state index >= 15 is 0 Å². The highest BCUT2D eigenvalue weighted by Crippen LogP contribution is 2.02. The first-order chi connectivity index (χ1) is 7.77. The predicted octanol–water partition coefficient (Wildman–Crippen LogP) is 0.484. The number of nitrogens with zero attached hydrogens (tertiary/aromatic N) is 2. The Hall–Kier alpha value is -2.17. The van der Waals surface area contributed by atoms with Crippen molar-refractivity contribution in [1.82, 2.24) is 10.3 Å². The van der Waals surface area contributed by atoms with Crippen molar-refractivity contribution in [3.63, 3.8) is 0 Å². The molecule has 1 heterocycles. The van der Waals surface area contributed by atoms with E-state index in [0.29, 0.717) is 18.5 Å². The second-order valence-corrected chi connectivity index (χ2v) is 3.07. The summed E-state index contributed by atoms with van der Waals surface area (Å²) in [6.45, 7) is 3.93. The van der Waals surface area contributed by atoms with E-state index in [0.717, 1.165) is 5.69 Å². The summed E-state index contributed by atoms with van der Waals surface area (Å²) in [7, 11) is 0. The Bertz CT molecular complexity index is 401. The average molecular weight is 218 g/mol. The monoisotopic (exact) mass is 218 g/mol. The molecule has 0 aromatic carbocycles. The molecule has 5 nitrogen and oxygen atoms in total. The quantitative estimate of drug-likeness (QED) is 0.326. The van der Waals surface area contributed by atoms with Crippen molar-refractivity contribution < 1.29 is 4.79 Å². The maximum atomic E-state index is 11.6. The van der Waals surface area contributed by atoms with Gasteiger partial charge in [-0.15, -0.1) is 6.58 Å². The minimum atomic E-state index is -0.174. The molecule has 3 N–H and O–H groups in total. The normalized spacial score (nSPS) is 10.2. The molecule has 0 aliphatic rings. The molecule has 0 saturated carbocycles. The van der Waals surface area contributed by atoms with Gasteiger partial charge in [0.25, 0.3) is 5.91 Å². The number of nitrogens with two attached hydrogens (primary N) is 1. The number of hydrogen-bond acceptors (Lipinski definition) is 4. The van der Waals surface area contributed by atoms with Crippen molar-refractivity contribution in [2.45, 2.75) is 6.42 Å². The van der Waals surface area contributed by atoms with Crippen molar-refractivity contribution >= 4 is 12.1 Å². The molecule has 0 unspecified atom stereocenters. The smallest absolute Gasteiger partial charge is 0.251 e. The number of carbonyl (C=O) groups excluding carboxylic acids is 1. The standard InChI is InChI=1S/C11H14N4O/c1-2-3-10-8-9(4-5-13-10)11(16)14-6-7-15-12/h2,4-5,7-8H,1,3,6,12H2,(H,14,16)/b15-7+. The average Bonchev–Trinajstić information content (AvgIpc) is 2.30. The summed E-state index contributed by atoms with van der Waals surface area (Å²) in [6, 6.07) is 3.39. The lowest BCUT2D eigenvalue weighted by Crippen LogP contribution is -2.25. The summed E-state index contributed by atoms with van der Waals surface area (Å²) < 4.78 is 0. The molecule has 0 saturated heterocycles. The summed E-state index contributed by atoms with van der Waals surface area (Å²) in [5.74, 6) is 4.74. The summed E-state index contributed by atoms with van der Waals surface area (Å²) >= 11 is 0. The number of pyridine rings is 1. The minimum absolute atomic E-state index is 0.174. The van der Waals surface area contributed by atoms with Gasteiger partial charge in [0.15, 0.2) is 0 Å². The van der Waals surface area contributed by atoms with Gasteiger partial charge in [-0.3, -0.25) is 9.78 Å². The van der Waals surface area contributed by atoms with Crippen LogP contribution in [0.4, 0.5) is 0 Å². The third kappa shape index (κ3) is 3.53. The molecular weight excluding hydrogens is 204 g/mol. The van der Waals surface area contributed by atoms with Gasteiger partial charge in [-0.1, -0.05) is 6.08 Å². The molecule has 1 amide bonds. The number of carbonyl (C=O) groups is 1. The molecule has 0 radical (unpaired) electrons. The van der Waals surface area contributed by atoms with Crippen LogP contribution in [0.1, 0.15) is 16.1 Å². The molecular formula is C11H14N4O. The molecule has 84 valence electrons. The molecule has 0 atom stereocenters. The van der Waals surface area contributed by atoms with E-state index in [9.17, 15) is 4.79 Å². The molecule has 0 aliphatic carbocycles. The second-order valence-electron chi connectivity index (χ2n) is 3.07. The van der Waals surface area contributed by atoms with Crippen LogP contribution in [0.3, 0.4) is 0 Å². The van der Waals surface area contributed by atoms with Crippen LogP contribution < -0.4 is 11.2 Å². The highest BCUT2D eigenvalue weighted by molar-refractivity contribution is 5.95. The molecule has 0 fully saturated rings. The van der Waals surface area contributed by atoms with Crippen molar-refractivity contribution in [2.75, 3.05) is 6.54 Å². The van der Waals surface area contributed by atoms with E-state index in [1.807, 2.05) is 0 Å². The molecule has 5 heteroatoms. The Morgan fingerprint density at radius 3 is 3.19 bits per heavy atom. The van der Waals surface area contributed by atoms with E-state index in [1.54, 1.807) is 24.4 Å².